The first-order valence-corrected chi connectivity index (χ1v) is 14.3. The number of amides is 4. The molecule has 208 valence electrons. The molecule has 3 aliphatic rings. The summed E-state index contributed by atoms with van der Waals surface area (Å²) < 4.78 is 64.3. The third-order valence-corrected chi connectivity index (χ3v) is 9.00. The molecule has 40 heavy (non-hydrogen) atoms. The number of Topliss-reactive ketones (excluding diaryl/α,β-unsaturated/α-hetero) is 1. The van der Waals surface area contributed by atoms with Gasteiger partial charge in [0.25, 0.3) is 0 Å². The first-order valence-electron chi connectivity index (χ1n) is 12.5. The van der Waals surface area contributed by atoms with Gasteiger partial charge in [0, 0.05) is 23.7 Å². The summed E-state index contributed by atoms with van der Waals surface area (Å²) in [5.41, 5.74) is -0.178. The van der Waals surface area contributed by atoms with Crippen molar-refractivity contribution in [3.63, 3.8) is 0 Å². The van der Waals surface area contributed by atoms with Crippen molar-refractivity contribution in [2.24, 2.45) is 0 Å². The van der Waals surface area contributed by atoms with Crippen LogP contribution in [0.5, 0.6) is 0 Å². The molecule has 0 spiro atoms. The Hall–Kier alpha value is -4.18. The minimum atomic E-state index is -4.69. The molecule has 1 atom stereocenters. The molecule has 0 radical (unpaired) electrons. The second-order valence-corrected chi connectivity index (χ2v) is 12.1. The molecule has 2 aromatic rings. The van der Waals surface area contributed by atoms with Crippen molar-refractivity contribution in [2.75, 3.05) is 16.4 Å². The number of carbonyl (C=O) groups is 3. The Labute approximate surface area is 227 Å². The zero-order chi connectivity index (χ0) is 28.8. The predicted octanol–water partition coefficient (Wildman–Crippen LogP) is 4.46. The van der Waals surface area contributed by atoms with Gasteiger partial charge in [0.05, 0.1) is 40.4 Å². The van der Waals surface area contributed by atoms with Crippen LogP contribution in [-0.2, 0) is 20.8 Å². The van der Waals surface area contributed by atoms with E-state index in [-0.39, 0.29) is 59.9 Å². The third kappa shape index (κ3) is 5.06. The fraction of sp³-hybridized carbons (Fsp3) is 0.333. The van der Waals surface area contributed by atoms with E-state index in [4.69, 9.17) is 0 Å². The molecule has 1 fully saturated rings. The zero-order valence-electron chi connectivity index (χ0n) is 20.9. The van der Waals surface area contributed by atoms with Crippen LogP contribution in [0.3, 0.4) is 0 Å². The summed E-state index contributed by atoms with van der Waals surface area (Å²) in [6.07, 6.45) is -4.36. The number of nitriles is 1. The second kappa shape index (κ2) is 10.1. The molecule has 9 nitrogen and oxygen atoms in total. The molecule has 2 aliphatic heterocycles. The first kappa shape index (κ1) is 27.4. The predicted molar refractivity (Wildman–Crippen MR) is 137 cm³/mol. The van der Waals surface area contributed by atoms with Crippen LogP contribution in [0, 0.1) is 11.3 Å². The number of nitrogens with one attached hydrogen (secondary N) is 1. The van der Waals surface area contributed by atoms with Crippen molar-refractivity contribution >= 4 is 33.4 Å². The van der Waals surface area contributed by atoms with Crippen molar-refractivity contribution in [3.05, 3.63) is 76.5 Å². The first-order chi connectivity index (χ1) is 18.9. The molecule has 13 heteroatoms. The van der Waals surface area contributed by atoms with Crippen molar-refractivity contribution in [1.82, 2.24) is 10.2 Å². The fourth-order valence-electron chi connectivity index (χ4n) is 5.29. The maximum absolute atomic E-state index is 14.0. The topological polar surface area (TPSA) is 128 Å². The number of carbonyl (C=O) groups excluding carboxylic acids is 3. The molecule has 0 aromatic heterocycles. The molecular weight excluding hydrogens is 549 g/mol. The monoisotopic (exact) mass is 572 g/mol. The lowest BCUT2D eigenvalue weighted by atomic mass is 9.92. The van der Waals surface area contributed by atoms with Crippen LogP contribution >= 0.6 is 0 Å². The number of sulfone groups is 1. The van der Waals surface area contributed by atoms with E-state index >= 15 is 0 Å². The lowest BCUT2D eigenvalue weighted by Gasteiger charge is -2.41. The van der Waals surface area contributed by atoms with E-state index in [1.807, 2.05) is 6.07 Å². The Kier molecular flexibility index (Phi) is 6.91. The van der Waals surface area contributed by atoms with Crippen LogP contribution in [0.2, 0.25) is 0 Å². The Balaban J connectivity index is 1.62. The molecule has 1 saturated heterocycles. The van der Waals surface area contributed by atoms with Gasteiger partial charge in [0.1, 0.15) is 9.84 Å². The highest BCUT2D eigenvalue weighted by atomic mass is 32.2. The van der Waals surface area contributed by atoms with Crippen LogP contribution < -0.4 is 10.2 Å². The number of hydrogen-bond acceptors (Lipinski definition) is 6. The Morgan fingerprint density at radius 1 is 1.02 bits per heavy atom. The standard InChI is InChI=1S/C27H23F3N4O5S/c28-27(29,30)18-2-1-3-20(14-18)33-21-8-9-22(35)23(21)24(17-6-4-16(15-31)5-7-17)34(26(33)37)25(36)32-19-10-12-40(38,39)13-11-19/h1-7,14,19,24H,8-13H2,(H,32,36). The summed E-state index contributed by atoms with van der Waals surface area (Å²) in [5, 5.41) is 11.9. The summed E-state index contributed by atoms with van der Waals surface area (Å²) in [5.74, 6) is -0.653. The number of halogens is 3. The average molecular weight is 573 g/mol. The van der Waals surface area contributed by atoms with Crippen LogP contribution in [0.1, 0.15) is 48.4 Å². The van der Waals surface area contributed by atoms with Crippen molar-refractivity contribution in [1.29, 1.82) is 5.26 Å². The molecular formula is C27H23F3N4O5S. The van der Waals surface area contributed by atoms with E-state index in [1.165, 1.54) is 30.3 Å². The molecule has 0 saturated carbocycles. The quantitative estimate of drug-likeness (QED) is 0.579. The maximum Gasteiger partial charge on any atom is 0.416 e. The molecule has 2 heterocycles. The average Bonchev–Trinajstić information content (AvgIpc) is 3.29. The zero-order valence-corrected chi connectivity index (χ0v) is 21.8. The van der Waals surface area contributed by atoms with Gasteiger partial charge in [-0.15, -0.1) is 0 Å². The van der Waals surface area contributed by atoms with Gasteiger partial charge in [-0.05, 0) is 55.2 Å². The number of imide groups is 1. The minimum absolute atomic E-state index is 0.00384. The smallest absolute Gasteiger partial charge is 0.335 e. The van der Waals surface area contributed by atoms with E-state index in [0.717, 1.165) is 28.0 Å². The normalized spacial score (nSPS) is 21.3. The molecule has 5 rings (SSSR count). The highest BCUT2D eigenvalue weighted by molar-refractivity contribution is 7.91. The van der Waals surface area contributed by atoms with Gasteiger partial charge in [0.15, 0.2) is 5.78 Å². The van der Waals surface area contributed by atoms with Gasteiger partial charge in [-0.3, -0.25) is 9.69 Å². The van der Waals surface area contributed by atoms with Gasteiger partial charge in [-0.1, -0.05) is 18.2 Å². The number of benzene rings is 2. The van der Waals surface area contributed by atoms with Gasteiger partial charge in [-0.2, -0.15) is 18.4 Å². The molecule has 0 bridgehead atoms. The summed E-state index contributed by atoms with van der Waals surface area (Å²) in [7, 11) is -3.24. The Morgan fingerprint density at radius 2 is 1.70 bits per heavy atom. The molecule has 1 N–H and O–H groups in total. The van der Waals surface area contributed by atoms with E-state index in [2.05, 4.69) is 5.32 Å². The number of anilines is 1. The van der Waals surface area contributed by atoms with E-state index < -0.39 is 45.7 Å². The van der Waals surface area contributed by atoms with Gasteiger partial charge in [0.2, 0.25) is 0 Å². The van der Waals surface area contributed by atoms with Crippen LogP contribution in [0.25, 0.3) is 0 Å². The summed E-state index contributed by atoms with van der Waals surface area (Å²) in [6.45, 7) is 0. The third-order valence-electron chi connectivity index (χ3n) is 7.29. The lowest BCUT2D eigenvalue weighted by molar-refractivity contribution is -0.137. The highest BCUT2D eigenvalue weighted by Gasteiger charge is 2.49. The number of nitrogens with zero attached hydrogens (tertiary/aromatic N) is 3. The van der Waals surface area contributed by atoms with Crippen molar-refractivity contribution < 1.29 is 36.0 Å². The van der Waals surface area contributed by atoms with Gasteiger partial charge in [-0.25, -0.2) is 22.9 Å². The Bertz CT molecular complexity index is 1560. The van der Waals surface area contributed by atoms with E-state index in [0.29, 0.717) is 11.1 Å². The number of rotatable bonds is 3. The lowest BCUT2D eigenvalue weighted by Crippen LogP contribution is -2.57. The largest absolute Gasteiger partial charge is 0.416 e. The number of hydrogen-bond donors (Lipinski definition) is 1. The highest BCUT2D eigenvalue weighted by Crippen LogP contribution is 2.45. The van der Waals surface area contributed by atoms with Crippen molar-refractivity contribution in [2.45, 2.75) is 43.9 Å². The second-order valence-electron chi connectivity index (χ2n) is 9.83. The van der Waals surface area contributed by atoms with Crippen LogP contribution in [0.4, 0.5) is 28.4 Å². The summed E-state index contributed by atoms with van der Waals surface area (Å²) in [6, 6.07) is 8.40. The number of alkyl halides is 3. The molecule has 4 amide bonds. The summed E-state index contributed by atoms with van der Waals surface area (Å²) in [4.78, 5) is 42.7. The molecule has 1 unspecified atom stereocenters. The maximum atomic E-state index is 14.0. The van der Waals surface area contributed by atoms with E-state index in [9.17, 15) is 41.2 Å². The number of urea groups is 2. The fourth-order valence-corrected chi connectivity index (χ4v) is 6.78. The van der Waals surface area contributed by atoms with Gasteiger partial charge >= 0.3 is 18.2 Å². The van der Waals surface area contributed by atoms with Gasteiger partial charge < -0.3 is 5.32 Å². The SMILES string of the molecule is N#Cc1ccc(C2C3=C(CCC3=O)N(c3cccc(C(F)(F)F)c3)C(=O)N2C(=O)NC2CCS(=O)(=O)CC2)cc1. The van der Waals surface area contributed by atoms with Crippen LogP contribution in [0.15, 0.2) is 59.8 Å². The summed E-state index contributed by atoms with van der Waals surface area (Å²) >= 11 is 0. The number of allylic oxidation sites excluding steroid dienone is 1. The Morgan fingerprint density at radius 3 is 2.33 bits per heavy atom. The minimum Gasteiger partial charge on any atom is -0.335 e. The molecule has 2 aromatic carbocycles. The van der Waals surface area contributed by atoms with Crippen LogP contribution in [-0.4, -0.2) is 48.7 Å². The van der Waals surface area contributed by atoms with Crippen molar-refractivity contribution in [3.8, 4) is 6.07 Å². The number of ketones is 1. The van der Waals surface area contributed by atoms with E-state index in [1.54, 1.807) is 0 Å². The molecule has 1 aliphatic carbocycles.